The van der Waals surface area contributed by atoms with E-state index in [1.807, 2.05) is 0 Å². The van der Waals surface area contributed by atoms with Gasteiger partial charge in [-0.25, -0.2) is 8.42 Å². The monoisotopic (exact) mass is 287 g/mol. The van der Waals surface area contributed by atoms with Crippen LogP contribution in [0.4, 0.5) is 0 Å². The van der Waals surface area contributed by atoms with E-state index >= 15 is 0 Å². The Kier molecular flexibility index (Phi) is 3.65. The van der Waals surface area contributed by atoms with Crippen LogP contribution in [-0.2, 0) is 14.6 Å². The lowest BCUT2D eigenvalue weighted by molar-refractivity contribution is -0.173. The van der Waals surface area contributed by atoms with Crippen molar-refractivity contribution in [1.82, 2.24) is 5.32 Å². The van der Waals surface area contributed by atoms with Crippen LogP contribution in [0.1, 0.15) is 39.0 Å². The number of rotatable bonds is 5. The van der Waals surface area contributed by atoms with Crippen LogP contribution in [0.15, 0.2) is 0 Å². The molecule has 1 heterocycles. The molecule has 4 nitrogen and oxygen atoms in total. The Hall–Kier alpha value is -0.130. The highest BCUT2D eigenvalue weighted by Gasteiger charge is 2.58. The van der Waals surface area contributed by atoms with E-state index in [0.717, 1.165) is 26.0 Å². The van der Waals surface area contributed by atoms with E-state index in [1.54, 1.807) is 0 Å². The third-order valence-corrected chi connectivity index (χ3v) is 7.25. The van der Waals surface area contributed by atoms with Crippen molar-refractivity contribution in [2.75, 3.05) is 24.7 Å². The molecule has 1 N–H and O–H groups in total. The maximum Gasteiger partial charge on any atom is 0.150 e. The minimum Gasteiger partial charge on any atom is -0.378 e. The Morgan fingerprint density at radius 2 is 2.16 bits per heavy atom. The van der Waals surface area contributed by atoms with Gasteiger partial charge >= 0.3 is 0 Å². The zero-order valence-electron chi connectivity index (χ0n) is 11.7. The SMILES string of the molecule is CCOC1CC(NCC2CCS(=O)(=O)C2)C12CCC2. The smallest absolute Gasteiger partial charge is 0.150 e. The summed E-state index contributed by atoms with van der Waals surface area (Å²) in [5.41, 5.74) is 0.382. The molecule has 0 aromatic heterocycles. The standard InChI is InChI=1S/C14H25NO3S/c1-2-18-13-8-12(14(13)5-3-6-14)15-9-11-4-7-19(16,17)10-11/h11-13,15H,2-10H2,1H3. The van der Waals surface area contributed by atoms with Crippen LogP contribution < -0.4 is 5.32 Å². The normalized spacial score (nSPS) is 38.9. The molecule has 1 aliphatic heterocycles. The molecule has 0 radical (unpaired) electrons. The summed E-state index contributed by atoms with van der Waals surface area (Å²) in [6, 6.07) is 0.557. The van der Waals surface area contributed by atoms with E-state index < -0.39 is 9.84 Å². The zero-order chi connectivity index (χ0) is 13.5. The van der Waals surface area contributed by atoms with Gasteiger partial charge in [0.25, 0.3) is 0 Å². The first kappa shape index (κ1) is 13.8. The predicted molar refractivity (Wildman–Crippen MR) is 74.9 cm³/mol. The molecular formula is C14H25NO3S. The van der Waals surface area contributed by atoms with Gasteiger partial charge in [-0.15, -0.1) is 0 Å². The number of ether oxygens (including phenoxy) is 1. The number of hydrogen-bond donors (Lipinski definition) is 1. The van der Waals surface area contributed by atoms with E-state index in [-0.39, 0.29) is 0 Å². The largest absolute Gasteiger partial charge is 0.378 e. The van der Waals surface area contributed by atoms with E-state index in [1.165, 1.54) is 19.3 Å². The molecular weight excluding hydrogens is 262 g/mol. The van der Waals surface area contributed by atoms with Gasteiger partial charge in [0.2, 0.25) is 0 Å². The summed E-state index contributed by atoms with van der Waals surface area (Å²) >= 11 is 0. The summed E-state index contributed by atoms with van der Waals surface area (Å²) in [7, 11) is -2.74. The van der Waals surface area contributed by atoms with Crippen LogP contribution in [0, 0.1) is 11.3 Å². The van der Waals surface area contributed by atoms with Crippen LogP contribution >= 0.6 is 0 Å². The molecule has 0 amide bonds. The second-order valence-electron chi connectivity index (χ2n) is 6.50. The van der Waals surface area contributed by atoms with Crippen molar-refractivity contribution in [1.29, 1.82) is 0 Å². The highest BCUT2D eigenvalue weighted by Crippen LogP contribution is 2.57. The highest BCUT2D eigenvalue weighted by molar-refractivity contribution is 7.91. The molecule has 3 aliphatic rings. The van der Waals surface area contributed by atoms with Crippen LogP contribution in [0.3, 0.4) is 0 Å². The molecule has 0 aromatic rings. The molecule has 0 aromatic carbocycles. The molecule has 110 valence electrons. The second-order valence-corrected chi connectivity index (χ2v) is 8.73. The van der Waals surface area contributed by atoms with Crippen LogP contribution in [-0.4, -0.2) is 45.2 Å². The zero-order valence-corrected chi connectivity index (χ0v) is 12.5. The molecule has 1 saturated heterocycles. The Labute approximate surface area is 116 Å². The fourth-order valence-corrected chi connectivity index (χ4v) is 5.93. The molecule has 0 bridgehead atoms. The van der Waals surface area contributed by atoms with Crippen molar-refractivity contribution in [3.8, 4) is 0 Å². The summed E-state index contributed by atoms with van der Waals surface area (Å²) in [5.74, 6) is 1.10. The van der Waals surface area contributed by atoms with Crippen molar-refractivity contribution < 1.29 is 13.2 Å². The fraction of sp³-hybridized carbons (Fsp3) is 1.00. The molecule has 19 heavy (non-hydrogen) atoms. The molecule has 2 saturated carbocycles. The third-order valence-electron chi connectivity index (χ3n) is 5.42. The summed E-state index contributed by atoms with van der Waals surface area (Å²) in [6.07, 6.45) is 6.25. The van der Waals surface area contributed by atoms with E-state index in [4.69, 9.17) is 4.74 Å². The minimum absolute atomic E-state index is 0.327. The molecule has 2 aliphatic carbocycles. The molecule has 3 atom stereocenters. The first-order valence-electron chi connectivity index (χ1n) is 7.61. The summed E-state index contributed by atoms with van der Waals surface area (Å²) in [4.78, 5) is 0. The van der Waals surface area contributed by atoms with Crippen LogP contribution in [0.2, 0.25) is 0 Å². The molecule has 1 spiro atoms. The molecule has 3 fully saturated rings. The maximum atomic E-state index is 11.5. The van der Waals surface area contributed by atoms with Crippen molar-refractivity contribution in [3.63, 3.8) is 0 Å². The topological polar surface area (TPSA) is 55.4 Å². The lowest BCUT2D eigenvalue weighted by Crippen LogP contribution is -2.67. The van der Waals surface area contributed by atoms with Gasteiger partial charge in [-0.3, -0.25) is 0 Å². The molecule has 3 rings (SSSR count). The second kappa shape index (κ2) is 5.01. The van der Waals surface area contributed by atoms with Gasteiger partial charge in [0.05, 0.1) is 17.6 Å². The van der Waals surface area contributed by atoms with Crippen molar-refractivity contribution in [2.24, 2.45) is 11.3 Å². The lowest BCUT2D eigenvalue weighted by Gasteiger charge is -2.61. The Morgan fingerprint density at radius 3 is 2.68 bits per heavy atom. The Balaban J connectivity index is 1.49. The van der Waals surface area contributed by atoms with Gasteiger partial charge in [0.15, 0.2) is 9.84 Å². The van der Waals surface area contributed by atoms with Crippen molar-refractivity contribution in [3.05, 3.63) is 0 Å². The van der Waals surface area contributed by atoms with Crippen molar-refractivity contribution >= 4 is 9.84 Å². The first-order chi connectivity index (χ1) is 9.06. The predicted octanol–water partition coefficient (Wildman–Crippen LogP) is 1.36. The fourth-order valence-electron chi connectivity index (χ4n) is 4.07. The van der Waals surface area contributed by atoms with E-state index in [9.17, 15) is 8.42 Å². The number of nitrogens with one attached hydrogen (secondary N) is 1. The average Bonchev–Trinajstić information content (AvgIpc) is 2.60. The summed E-state index contributed by atoms with van der Waals surface area (Å²) in [6.45, 7) is 3.74. The van der Waals surface area contributed by atoms with Crippen LogP contribution in [0.25, 0.3) is 0 Å². The van der Waals surface area contributed by atoms with Crippen molar-refractivity contribution in [2.45, 2.75) is 51.2 Å². The van der Waals surface area contributed by atoms with Gasteiger partial charge in [-0.2, -0.15) is 0 Å². The lowest BCUT2D eigenvalue weighted by atomic mass is 9.51. The van der Waals surface area contributed by atoms with Gasteiger partial charge in [0, 0.05) is 18.1 Å². The third kappa shape index (κ3) is 2.45. The van der Waals surface area contributed by atoms with Gasteiger partial charge in [-0.05, 0) is 45.1 Å². The quantitative estimate of drug-likeness (QED) is 0.829. The Morgan fingerprint density at radius 1 is 1.37 bits per heavy atom. The first-order valence-corrected chi connectivity index (χ1v) is 9.43. The average molecular weight is 287 g/mol. The number of hydrogen-bond acceptors (Lipinski definition) is 4. The summed E-state index contributed by atoms with van der Waals surface area (Å²) < 4.78 is 28.7. The van der Waals surface area contributed by atoms with E-state index in [0.29, 0.717) is 35.0 Å². The summed E-state index contributed by atoms with van der Waals surface area (Å²) in [5, 5.41) is 3.64. The minimum atomic E-state index is -2.74. The Bertz CT molecular complexity index is 430. The molecule has 3 unspecified atom stereocenters. The number of sulfone groups is 1. The maximum absolute atomic E-state index is 11.5. The van der Waals surface area contributed by atoms with Crippen LogP contribution in [0.5, 0.6) is 0 Å². The van der Waals surface area contributed by atoms with Gasteiger partial charge in [-0.1, -0.05) is 6.42 Å². The highest BCUT2D eigenvalue weighted by atomic mass is 32.2. The van der Waals surface area contributed by atoms with Gasteiger partial charge < -0.3 is 10.1 Å². The molecule has 5 heteroatoms. The van der Waals surface area contributed by atoms with E-state index in [2.05, 4.69) is 12.2 Å². The van der Waals surface area contributed by atoms with Gasteiger partial charge in [0.1, 0.15) is 0 Å².